The molecule has 0 aliphatic heterocycles. The average Bonchev–Trinajstić information content (AvgIpc) is 3.04. The maximum absolute atomic E-state index is 9.08. The van der Waals surface area contributed by atoms with Crippen molar-refractivity contribution >= 4 is 22.7 Å². The predicted octanol–water partition coefficient (Wildman–Crippen LogP) is 2.98. The SMILES string of the molecule is CC(CO)C(C)NCc1csc(-c2ccsc2)n1. The fourth-order valence-corrected chi connectivity index (χ4v) is 3.06. The lowest BCUT2D eigenvalue weighted by Crippen LogP contribution is -2.33. The monoisotopic (exact) mass is 282 g/mol. The van der Waals surface area contributed by atoms with E-state index in [1.807, 2.05) is 6.92 Å². The molecule has 2 heterocycles. The number of hydrogen-bond donors (Lipinski definition) is 2. The molecule has 0 saturated carbocycles. The Kier molecular flexibility index (Phi) is 4.88. The van der Waals surface area contributed by atoms with Gasteiger partial charge in [0.05, 0.1) is 5.69 Å². The molecule has 98 valence electrons. The number of aliphatic hydroxyl groups is 1. The van der Waals surface area contributed by atoms with Gasteiger partial charge in [0, 0.05) is 35.5 Å². The van der Waals surface area contributed by atoms with Gasteiger partial charge >= 0.3 is 0 Å². The molecule has 2 atom stereocenters. The molecule has 0 bridgehead atoms. The van der Waals surface area contributed by atoms with Crippen LogP contribution in [0.25, 0.3) is 10.6 Å². The van der Waals surface area contributed by atoms with E-state index in [0.29, 0.717) is 6.04 Å². The lowest BCUT2D eigenvalue weighted by Gasteiger charge is -2.18. The molecule has 0 spiro atoms. The summed E-state index contributed by atoms with van der Waals surface area (Å²) in [6, 6.07) is 2.39. The lowest BCUT2D eigenvalue weighted by molar-refractivity contribution is 0.207. The molecule has 0 fully saturated rings. The number of nitrogens with zero attached hydrogens (tertiary/aromatic N) is 1. The van der Waals surface area contributed by atoms with Crippen LogP contribution in [0.3, 0.4) is 0 Å². The van der Waals surface area contributed by atoms with Gasteiger partial charge in [-0.1, -0.05) is 6.92 Å². The van der Waals surface area contributed by atoms with Crippen LogP contribution in [0, 0.1) is 5.92 Å². The minimum atomic E-state index is 0.214. The van der Waals surface area contributed by atoms with Gasteiger partial charge in [0.15, 0.2) is 0 Å². The van der Waals surface area contributed by atoms with Gasteiger partial charge in [0.25, 0.3) is 0 Å². The number of rotatable bonds is 6. The van der Waals surface area contributed by atoms with Gasteiger partial charge in [-0.3, -0.25) is 0 Å². The average molecular weight is 282 g/mol. The third kappa shape index (κ3) is 3.38. The number of thiazole rings is 1. The molecule has 0 amide bonds. The number of thiophene rings is 1. The molecule has 5 heteroatoms. The second-order valence-electron chi connectivity index (χ2n) is 4.49. The van der Waals surface area contributed by atoms with Crippen LogP contribution in [0.2, 0.25) is 0 Å². The zero-order chi connectivity index (χ0) is 13.0. The maximum atomic E-state index is 9.08. The molecule has 0 radical (unpaired) electrons. The number of aromatic nitrogens is 1. The normalized spacial score (nSPS) is 14.6. The van der Waals surface area contributed by atoms with Crippen molar-refractivity contribution in [2.45, 2.75) is 26.4 Å². The van der Waals surface area contributed by atoms with Crippen LogP contribution >= 0.6 is 22.7 Å². The lowest BCUT2D eigenvalue weighted by atomic mass is 10.1. The predicted molar refractivity (Wildman–Crippen MR) is 78.0 cm³/mol. The van der Waals surface area contributed by atoms with Gasteiger partial charge in [-0.15, -0.1) is 11.3 Å². The highest BCUT2D eigenvalue weighted by Gasteiger charge is 2.11. The Morgan fingerprint density at radius 2 is 2.22 bits per heavy atom. The largest absolute Gasteiger partial charge is 0.396 e. The fourth-order valence-electron chi connectivity index (χ4n) is 1.53. The van der Waals surface area contributed by atoms with Crippen molar-refractivity contribution in [3.63, 3.8) is 0 Å². The quantitative estimate of drug-likeness (QED) is 0.856. The summed E-state index contributed by atoms with van der Waals surface area (Å²) in [5.74, 6) is 0.264. The minimum absolute atomic E-state index is 0.214. The molecule has 0 aromatic carbocycles. The van der Waals surface area contributed by atoms with E-state index >= 15 is 0 Å². The highest BCUT2D eigenvalue weighted by Crippen LogP contribution is 2.25. The summed E-state index contributed by atoms with van der Waals surface area (Å²) in [4.78, 5) is 4.61. The summed E-state index contributed by atoms with van der Waals surface area (Å²) in [5.41, 5.74) is 2.27. The molecular weight excluding hydrogens is 264 g/mol. The molecule has 2 N–H and O–H groups in total. The van der Waals surface area contributed by atoms with E-state index in [0.717, 1.165) is 17.2 Å². The molecule has 0 saturated heterocycles. The van der Waals surface area contributed by atoms with E-state index in [1.165, 1.54) is 5.56 Å². The van der Waals surface area contributed by atoms with Crippen molar-refractivity contribution in [3.05, 3.63) is 27.9 Å². The first kappa shape index (κ1) is 13.7. The van der Waals surface area contributed by atoms with E-state index in [9.17, 15) is 0 Å². The molecule has 2 aromatic rings. The molecule has 18 heavy (non-hydrogen) atoms. The van der Waals surface area contributed by atoms with Gasteiger partial charge in [-0.2, -0.15) is 11.3 Å². The van der Waals surface area contributed by atoms with Gasteiger partial charge < -0.3 is 10.4 Å². The van der Waals surface area contributed by atoms with Crippen LogP contribution in [0.15, 0.2) is 22.2 Å². The van der Waals surface area contributed by atoms with Crippen LogP contribution in [-0.2, 0) is 6.54 Å². The van der Waals surface area contributed by atoms with Gasteiger partial charge in [0.1, 0.15) is 5.01 Å². The molecule has 2 unspecified atom stereocenters. The summed E-state index contributed by atoms with van der Waals surface area (Å²) in [6.45, 7) is 5.10. The van der Waals surface area contributed by atoms with Crippen LogP contribution in [-0.4, -0.2) is 22.7 Å². The van der Waals surface area contributed by atoms with Gasteiger partial charge in [-0.25, -0.2) is 4.98 Å². The third-order valence-electron chi connectivity index (χ3n) is 3.07. The van der Waals surface area contributed by atoms with E-state index in [-0.39, 0.29) is 12.5 Å². The summed E-state index contributed by atoms with van der Waals surface area (Å²) < 4.78 is 0. The Hall–Kier alpha value is -0.750. The molecular formula is C13H18N2OS2. The van der Waals surface area contributed by atoms with Crippen molar-refractivity contribution in [1.82, 2.24) is 10.3 Å². The standard InChI is InChI=1S/C13H18N2OS2/c1-9(6-16)10(2)14-5-12-8-18-13(15-12)11-3-4-17-7-11/h3-4,7-10,14,16H,5-6H2,1-2H3. The van der Waals surface area contributed by atoms with Crippen molar-refractivity contribution < 1.29 is 5.11 Å². The first-order valence-electron chi connectivity index (χ1n) is 6.02. The van der Waals surface area contributed by atoms with E-state index < -0.39 is 0 Å². The Labute approximate surface area is 116 Å². The smallest absolute Gasteiger partial charge is 0.124 e. The molecule has 0 aliphatic rings. The highest BCUT2D eigenvalue weighted by atomic mass is 32.1. The Morgan fingerprint density at radius 1 is 1.39 bits per heavy atom. The maximum Gasteiger partial charge on any atom is 0.124 e. The van der Waals surface area contributed by atoms with E-state index in [1.54, 1.807) is 22.7 Å². The summed E-state index contributed by atoms with van der Waals surface area (Å²) in [6.07, 6.45) is 0. The minimum Gasteiger partial charge on any atom is -0.396 e. The van der Waals surface area contributed by atoms with Crippen LogP contribution in [0.4, 0.5) is 0 Å². The van der Waals surface area contributed by atoms with Crippen LogP contribution in [0.5, 0.6) is 0 Å². The zero-order valence-electron chi connectivity index (χ0n) is 10.6. The van der Waals surface area contributed by atoms with Crippen LogP contribution < -0.4 is 5.32 Å². The molecule has 0 aliphatic carbocycles. The molecule has 2 aromatic heterocycles. The second kappa shape index (κ2) is 6.43. The summed E-state index contributed by atoms with van der Waals surface area (Å²) in [7, 11) is 0. The first-order valence-corrected chi connectivity index (χ1v) is 7.84. The van der Waals surface area contributed by atoms with Crippen LogP contribution in [0.1, 0.15) is 19.5 Å². The van der Waals surface area contributed by atoms with Crippen molar-refractivity contribution in [2.24, 2.45) is 5.92 Å². The Balaban J connectivity index is 1.91. The number of hydrogen-bond acceptors (Lipinski definition) is 5. The van der Waals surface area contributed by atoms with Crippen molar-refractivity contribution in [3.8, 4) is 10.6 Å². The first-order chi connectivity index (χ1) is 8.70. The second-order valence-corrected chi connectivity index (χ2v) is 6.12. The van der Waals surface area contributed by atoms with E-state index in [4.69, 9.17) is 5.11 Å². The van der Waals surface area contributed by atoms with E-state index in [2.05, 4.69) is 39.4 Å². The van der Waals surface area contributed by atoms with Crippen molar-refractivity contribution in [2.75, 3.05) is 6.61 Å². The third-order valence-corrected chi connectivity index (χ3v) is 4.69. The van der Waals surface area contributed by atoms with Gasteiger partial charge in [-0.05, 0) is 24.3 Å². The highest BCUT2D eigenvalue weighted by molar-refractivity contribution is 7.14. The molecule has 2 rings (SSSR count). The van der Waals surface area contributed by atoms with Crippen molar-refractivity contribution in [1.29, 1.82) is 0 Å². The zero-order valence-corrected chi connectivity index (χ0v) is 12.2. The Morgan fingerprint density at radius 3 is 2.89 bits per heavy atom. The Bertz CT molecular complexity index is 467. The number of nitrogens with one attached hydrogen (secondary N) is 1. The topological polar surface area (TPSA) is 45.1 Å². The van der Waals surface area contributed by atoms with Gasteiger partial charge in [0.2, 0.25) is 0 Å². The number of aliphatic hydroxyl groups excluding tert-OH is 1. The molecule has 3 nitrogen and oxygen atoms in total. The summed E-state index contributed by atoms with van der Waals surface area (Å²) in [5, 5.41) is 19.8. The summed E-state index contributed by atoms with van der Waals surface area (Å²) >= 11 is 3.37. The fraction of sp³-hybridized carbons (Fsp3) is 0.462.